The topological polar surface area (TPSA) is 26.0 Å². The van der Waals surface area contributed by atoms with Gasteiger partial charge in [0.15, 0.2) is 0 Å². The zero-order valence-corrected chi connectivity index (χ0v) is 6.40. The Bertz CT molecular complexity index is 176. The van der Waals surface area contributed by atoms with E-state index in [-0.39, 0.29) is 17.0 Å². The molecule has 1 nitrogen and oxygen atoms in total. The number of rotatable bonds is 0. The number of hydrogen-bond donors (Lipinski definition) is 1. The predicted molar refractivity (Wildman–Crippen MR) is 40.3 cm³/mol. The van der Waals surface area contributed by atoms with Crippen LogP contribution in [0.2, 0.25) is 0 Å². The second-order valence-corrected chi connectivity index (χ2v) is 2.87. The summed E-state index contributed by atoms with van der Waals surface area (Å²) in [5.41, 5.74) is 5.51. The number of hydrogen-bond acceptors (Lipinski definition) is 1. The maximum atomic E-state index is 12.6. The van der Waals surface area contributed by atoms with Crippen molar-refractivity contribution in [2.45, 2.75) is 13.0 Å². The van der Waals surface area contributed by atoms with Crippen LogP contribution in [-0.4, -0.2) is 6.04 Å². The molecule has 0 fully saturated rings. The maximum Gasteiger partial charge on any atom is 0.139 e. The molecule has 2 N–H and O–H groups in total. The molecule has 0 bridgehead atoms. The van der Waals surface area contributed by atoms with Crippen LogP contribution in [0.25, 0.3) is 0 Å². The van der Waals surface area contributed by atoms with Gasteiger partial charge in [0.2, 0.25) is 0 Å². The Morgan fingerprint density at radius 2 is 2.20 bits per heavy atom. The predicted octanol–water partition coefficient (Wildman–Crippen LogP) is 1.94. The van der Waals surface area contributed by atoms with E-state index in [1.165, 1.54) is 6.08 Å². The van der Waals surface area contributed by atoms with Gasteiger partial charge in [-0.25, -0.2) is 4.39 Å². The average Bonchev–Trinajstić information content (AvgIpc) is 1.84. The fourth-order valence-electron chi connectivity index (χ4n) is 0.822. The van der Waals surface area contributed by atoms with Crippen LogP contribution in [0.15, 0.2) is 23.0 Å². The van der Waals surface area contributed by atoms with Crippen molar-refractivity contribution in [3.63, 3.8) is 0 Å². The van der Waals surface area contributed by atoms with Crippen molar-refractivity contribution >= 4 is 11.6 Å². The lowest BCUT2D eigenvalue weighted by Crippen LogP contribution is -2.26. The minimum Gasteiger partial charge on any atom is -0.324 e. The molecule has 0 radical (unpaired) electrons. The molecule has 3 heteroatoms. The van der Waals surface area contributed by atoms with Crippen LogP contribution in [0.3, 0.4) is 0 Å². The molecule has 2 atom stereocenters. The summed E-state index contributed by atoms with van der Waals surface area (Å²) in [5.74, 6) is -0.278. The van der Waals surface area contributed by atoms with Crippen molar-refractivity contribution in [1.29, 1.82) is 0 Å². The maximum absolute atomic E-state index is 12.6. The van der Waals surface area contributed by atoms with E-state index in [4.69, 9.17) is 17.3 Å². The minimum absolute atomic E-state index is 0.131. The third kappa shape index (κ3) is 1.39. The van der Waals surface area contributed by atoms with Gasteiger partial charge in [-0.05, 0) is 12.0 Å². The molecule has 0 aromatic heterocycles. The molecule has 1 aliphatic rings. The van der Waals surface area contributed by atoms with Gasteiger partial charge in [0.25, 0.3) is 0 Å². The SMILES string of the molecule is CC1C=C(Cl)C(F)=CC1N. The lowest BCUT2D eigenvalue weighted by atomic mass is 9.98. The van der Waals surface area contributed by atoms with Crippen LogP contribution in [0.5, 0.6) is 0 Å². The Morgan fingerprint density at radius 3 is 2.70 bits per heavy atom. The van der Waals surface area contributed by atoms with Gasteiger partial charge < -0.3 is 5.73 Å². The lowest BCUT2D eigenvalue weighted by molar-refractivity contribution is 0.570. The highest BCUT2D eigenvalue weighted by Crippen LogP contribution is 2.25. The fraction of sp³-hybridized carbons (Fsp3) is 0.429. The van der Waals surface area contributed by atoms with Crippen LogP contribution in [-0.2, 0) is 0 Å². The van der Waals surface area contributed by atoms with Gasteiger partial charge in [0.05, 0.1) is 5.03 Å². The van der Waals surface area contributed by atoms with Crippen LogP contribution < -0.4 is 5.73 Å². The van der Waals surface area contributed by atoms with Crippen molar-refractivity contribution in [3.8, 4) is 0 Å². The second kappa shape index (κ2) is 2.72. The lowest BCUT2D eigenvalue weighted by Gasteiger charge is -2.17. The van der Waals surface area contributed by atoms with E-state index in [9.17, 15) is 4.39 Å². The molecule has 0 saturated heterocycles. The number of allylic oxidation sites excluding steroid dienone is 2. The quantitative estimate of drug-likeness (QED) is 0.578. The summed E-state index contributed by atoms with van der Waals surface area (Å²) < 4.78 is 12.6. The standard InChI is InChI=1S/C7H9ClFN/c1-4-2-5(8)6(9)3-7(4)10/h2-4,7H,10H2,1H3. The molecule has 0 aromatic rings. The summed E-state index contributed by atoms with van der Waals surface area (Å²) in [4.78, 5) is 0. The smallest absolute Gasteiger partial charge is 0.139 e. The minimum atomic E-state index is -0.410. The average molecular weight is 162 g/mol. The summed E-state index contributed by atoms with van der Waals surface area (Å²) in [6, 6.07) is -0.234. The first-order valence-electron chi connectivity index (χ1n) is 3.12. The molecule has 1 aliphatic carbocycles. The number of halogens is 2. The normalized spacial score (nSPS) is 33.2. The van der Waals surface area contributed by atoms with Gasteiger partial charge in [0, 0.05) is 6.04 Å². The van der Waals surface area contributed by atoms with E-state index < -0.39 is 5.83 Å². The molecule has 0 heterocycles. The Labute approximate surface area is 64.4 Å². The monoisotopic (exact) mass is 161 g/mol. The third-order valence-electron chi connectivity index (χ3n) is 1.58. The summed E-state index contributed by atoms with van der Waals surface area (Å²) >= 11 is 5.49. The first-order valence-corrected chi connectivity index (χ1v) is 3.49. The van der Waals surface area contributed by atoms with Crippen molar-refractivity contribution in [2.75, 3.05) is 0 Å². The number of nitrogens with two attached hydrogens (primary N) is 1. The Hall–Kier alpha value is -0.340. The summed E-state index contributed by atoms with van der Waals surface area (Å²) in [5, 5.41) is 0.175. The molecule has 1 rings (SSSR count). The Morgan fingerprint density at radius 1 is 1.60 bits per heavy atom. The second-order valence-electron chi connectivity index (χ2n) is 2.47. The fourth-order valence-corrected chi connectivity index (χ4v) is 1.08. The molecule has 0 aromatic carbocycles. The van der Waals surface area contributed by atoms with Gasteiger partial charge in [-0.1, -0.05) is 24.6 Å². The van der Waals surface area contributed by atoms with Gasteiger partial charge >= 0.3 is 0 Å². The third-order valence-corrected chi connectivity index (χ3v) is 1.89. The molecule has 0 saturated carbocycles. The molecule has 0 amide bonds. The Balaban J connectivity index is 2.83. The van der Waals surface area contributed by atoms with E-state index >= 15 is 0 Å². The first-order chi connectivity index (χ1) is 4.61. The van der Waals surface area contributed by atoms with Crippen molar-refractivity contribution in [2.24, 2.45) is 11.7 Å². The zero-order chi connectivity index (χ0) is 7.72. The highest BCUT2D eigenvalue weighted by atomic mass is 35.5. The van der Waals surface area contributed by atoms with E-state index in [0.29, 0.717) is 0 Å². The van der Waals surface area contributed by atoms with Crippen molar-refractivity contribution < 1.29 is 4.39 Å². The zero-order valence-electron chi connectivity index (χ0n) is 5.64. The Kier molecular flexibility index (Phi) is 2.11. The van der Waals surface area contributed by atoms with Crippen molar-refractivity contribution in [1.82, 2.24) is 0 Å². The molecular formula is C7H9ClFN. The molecule has 2 unspecified atom stereocenters. The van der Waals surface area contributed by atoms with E-state index in [1.54, 1.807) is 6.08 Å². The van der Waals surface area contributed by atoms with Gasteiger partial charge in [-0.2, -0.15) is 0 Å². The molecule has 0 spiro atoms. The largest absolute Gasteiger partial charge is 0.324 e. The summed E-state index contributed by atoms with van der Waals surface area (Å²) in [6.45, 7) is 1.90. The summed E-state index contributed by atoms with van der Waals surface area (Å²) in [6.07, 6.45) is 2.97. The van der Waals surface area contributed by atoms with E-state index in [1.807, 2.05) is 6.92 Å². The van der Waals surface area contributed by atoms with E-state index in [0.717, 1.165) is 0 Å². The van der Waals surface area contributed by atoms with Crippen LogP contribution in [0.1, 0.15) is 6.92 Å². The van der Waals surface area contributed by atoms with E-state index in [2.05, 4.69) is 0 Å². The van der Waals surface area contributed by atoms with Gasteiger partial charge in [-0.15, -0.1) is 0 Å². The highest BCUT2D eigenvalue weighted by Gasteiger charge is 2.16. The first kappa shape index (κ1) is 7.76. The molecular weight excluding hydrogens is 153 g/mol. The van der Waals surface area contributed by atoms with Crippen LogP contribution >= 0.6 is 11.6 Å². The van der Waals surface area contributed by atoms with Crippen LogP contribution in [0, 0.1) is 5.92 Å². The molecule has 56 valence electrons. The van der Waals surface area contributed by atoms with Crippen molar-refractivity contribution in [3.05, 3.63) is 23.0 Å². The molecule has 0 aliphatic heterocycles. The van der Waals surface area contributed by atoms with Crippen LogP contribution in [0.4, 0.5) is 4.39 Å². The van der Waals surface area contributed by atoms with Gasteiger partial charge in [0.1, 0.15) is 5.83 Å². The highest BCUT2D eigenvalue weighted by molar-refractivity contribution is 6.31. The summed E-state index contributed by atoms with van der Waals surface area (Å²) in [7, 11) is 0. The molecule has 10 heavy (non-hydrogen) atoms. The van der Waals surface area contributed by atoms with Gasteiger partial charge in [-0.3, -0.25) is 0 Å².